The molecule has 0 radical (unpaired) electrons. The number of halogens is 1. The third kappa shape index (κ3) is 4.31. The number of carbonyl (C=O) groups excluding carboxylic acids is 2. The monoisotopic (exact) mass is 384 g/mol. The predicted molar refractivity (Wildman–Crippen MR) is 105 cm³/mol. The smallest absolute Gasteiger partial charge is 0.248 e. The standard InChI is InChI=1S/C21H21FN2O4/c1-27-18-9-5-14(12-16(18)22)6-10-20(25)23-15-7-8-17(19(13-15)28-2)24-11-3-4-21(24)26/h5-10,12-13H,3-4,11H2,1-2H3,(H,23,25)/b10-6+. The first-order chi connectivity index (χ1) is 13.5. The number of methoxy groups -OCH3 is 2. The van der Waals surface area contributed by atoms with Gasteiger partial charge >= 0.3 is 0 Å². The fourth-order valence-electron chi connectivity index (χ4n) is 3.02. The number of hydrogen-bond acceptors (Lipinski definition) is 4. The van der Waals surface area contributed by atoms with Crippen LogP contribution in [0.25, 0.3) is 6.08 Å². The highest BCUT2D eigenvalue weighted by molar-refractivity contribution is 6.02. The lowest BCUT2D eigenvalue weighted by Crippen LogP contribution is -2.24. The van der Waals surface area contributed by atoms with Crippen LogP contribution in [-0.2, 0) is 9.59 Å². The highest BCUT2D eigenvalue weighted by Gasteiger charge is 2.24. The van der Waals surface area contributed by atoms with E-state index in [1.54, 1.807) is 29.2 Å². The van der Waals surface area contributed by atoms with Crippen molar-refractivity contribution in [1.29, 1.82) is 0 Å². The zero-order chi connectivity index (χ0) is 20.1. The van der Waals surface area contributed by atoms with Gasteiger partial charge in [0.25, 0.3) is 0 Å². The molecule has 0 saturated carbocycles. The molecule has 1 fully saturated rings. The van der Waals surface area contributed by atoms with E-state index in [0.29, 0.717) is 35.7 Å². The van der Waals surface area contributed by atoms with Crippen molar-refractivity contribution in [1.82, 2.24) is 0 Å². The van der Waals surface area contributed by atoms with Crippen LogP contribution in [0.5, 0.6) is 11.5 Å². The molecular formula is C21H21FN2O4. The minimum absolute atomic E-state index is 0.0599. The summed E-state index contributed by atoms with van der Waals surface area (Å²) in [5, 5.41) is 2.73. The normalized spacial score (nSPS) is 13.8. The summed E-state index contributed by atoms with van der Waals surface area (Å²) in [4.78, 5) is 25.8. The first kappa shape index (κ1) is 19.4. The molecule has 0 bridgehead atoms. The van der Waals surface area contributed by atoms with Crippen molar-refractivity contribution in [3.8, 4) is 11.5 Å². The molecule has 1 heterocycles. The lowest BCUT2D eigenvalue weighted by Gasteiger charge is -2.19. The van der Waals surface area contributed by atoms with Gasteiger partial charge in [0.15, 0.2) is 11.6 Å². The lowest BCUT2D eigenvalue weighted by atomic mass is 10.2. The second-order valence-electron chi connectivity index (χ2n) is 6.25. The molecule has 0 spiro atoms. The maximum absolute atomic E-state index is 13.7. The number of benzene rings is 2. The summed E-state index contributed by atoms with van der Waals surface area (Å²) in [7, 11) is 2.91. The lowest BCUT2D eigenvalue weighted by molar-refractivity contribution is -0.117. The summed E-state index contributed by atoms with van der Waals surface area (Å²) >= 11 is 0. The van der Waals surface area contributed by atoms with E-state index in [1.807, 2.05) is 0 Å². The Morgan fingerprint density at radius 3 is 2.57 bits per heavy atom. The topological polar surface area (TPSA) is 67.9 Å². The van der Waals surface area contributed by atoms with Crippen LogP contribution >= 0.6 is 0 Å². The summed E-state index contributed by atoms with van der Waals surface area (Å²) in [6, 6.07) is 9.56. The molecule has 1 aliphatic rings. The van der Waals surface area contributed by atoms with E-state index in [-0.39, 0.29) is 17.6 Å². The van der Waals surface area contributed by atoms with Crippen molar-refractivity contribution >= 4 is 29.3 Å². The molecule has 6 nitrogen and oxygen atoms in total. The van der Waals surface area contributed by atoms with Gasteiger partial charge in [-0.15, -0.1) is 0 Å². The molecule has 1 saturated heterocycles. The largest absolute Gasteiger partial charge is 0.494 e. The number of nitrogens with one attached hydrogen (secondary N) is 1. The maximum Gasteiger partial charge on any atom is 0.248 e. The van der Waals surface area contributed by atoms with Crippen molar-refractivity contribution in [2.75, 3.05) is 31.0 Å². The number of ether oxygens (including phenoxy) is 2. The van der Waals surface area contributed by atoms with E-state index in [4.69, 9.17) is 9.47 Å². The SMILES string of the molecule is COc1ccc(/C=C/C(=O)Nc2ccc(N3CCCC3=O)c(OC)c2)cc1F. The molecule has 2 aromatic carbocycles. The van der Waals surface area contributed by atoms with Gasteiger partial charge in [-0.1, -0.05) is 6.07 Å². The fraction of sp³-hybridized carbons (Fsp3) is 0.238. The van der Waals surface area contributed by atoms with E-state index >= 15 is 0 Å². The number of anilines is 2. The van der Waals surface area contributed by atoms with E-state index in [2.05, 4.69) is 5.32 Å². The highest BCUT2D eigenvalue weighted by atomic mass is 19.1. The Morgan fingerprint density at radius 1 is 1.14 bits per heavy atom. The van der Waals surface area contributed by atoms with Gasteiger partial charge in [0.2, 0.25) is 11.8 Å². The number of rotatable bonds is 6. The Labute approximate surface area is 162 Å². The van der Waals surface area contributed by atoms with Crippen molar-refractivity contribution in [2.24, 2.45) is 0 Å². The Kier molecular flexibility index (Phi) is 5.93. The van der Waals surface area contributed by atoms with Crippen LogP contribution < -0.4 is 19.7 Å². The third-order valence-corrected chi connectivity index (χ3v) is 4.41. The van der Waals surface area contributed by atoms with E-state index in [9.17, 15) is 14.0 Å². The molecule has 0 unspecified atom stereocenters. The Balaban J connectivity index is 1.70. The molecule has 3 rings (SSSR count). The maximum atomic E-state index is 13.7. The summed E-state index contributed by atoms with van der Waals surface area (Å²) in [6.45, 7) is 0.655. The van der Waals surface area contributed by atoms with Crippen LogP contribution in [0.4, 0.5) is 15.8 Å². The van der Waals surface area contributed by atoms with Crippen LogP contribution in [-0.4, -0.2) is 32.6 Å². The fourth-order valence-corrected chi connectivity index (χ4v) is 3.02. The van der Waals surface area contributed by atoms with E-state index in [1.165, 1.54) is 38.5 Å². The zero-order valence-electron chi connectivity index (χ0n) is 15.7. The first-order valence-electron chi connectivity index (χ1n) is 8.83. The van der Waals surface area contributed by atoms with Gasteiger partial charge in [-0.05, 0) is 42.3 Å². The van der Waals surface area contributed by atoms with Gasteiger partial charge < -0.3 is 19.7 Å². The summed E-state index contributed by atoms with van der Waals surface area (Å²) in [6.07, 6.45) is 4.16. The van der Waals surface area contributed by atoms with Crippen LogP contribution in [0, 0.1) is 5.82 Å². The van der Waals surface area contributed by atoms with Crippen LogP contribution in [0.1, 0.15) is 18.4 Å². The average molecular weight is 384 g/mol. The zero-order valence-corrected chi connectivity index (χ0v) is 15.7. The summed E-state index contributed by atoms with van der Waals surface area (Å²) < 4.78 is 23.9. The summed E-state index contributed by atoms with van der Waals surface area (Å²) in [5.41, 5.74) is 1.75. The summed E-state index contributed by atoms with van der Waals surface area (Å²) in [5.74, 6) is -0.158. The van der Waals surface area contributed by atoms with Gasteiger partial charge in [0, 0.05) is 30.8 Å². The highest BCUT2D eigenvalue weighted by Crippen LogP contribution is 2.33. The van der Waals surface area contributed by atoms with Crippen LogP contribution in [0.15, 0.2) is 42.5 Å². The number of nitrogens with zero attached hydrogens (tertiary/aromatic N) is 1. The van der Waals surface area contributed by atoms with Gasteiger partial charge in [0.05, 0.1) is 19.9 Å². The molecule has 146 valence electrons. The van der Waals surface area contributed by atoms with Crippen molar-refractivity contribution < 1.29 is 23.5 Å². The Bertz CT molecular complexity index is 927. The molecular weight excluding hydrogens is 363 g/mol. The molecule has 0 aromatic heterocycles. The van der Waals surface area contributed by atoms with E-state index in [0.717, 1.165) is 6.42 Å². The van der Waals surface area contributed by atoms with Gasteiger partial charge in [-0.25, -0.2) is 4.39 Å². The van der Waals surface area contributed by atoms with Crippen LogP contribution in [0.3, 0.4) is 0 Å². The van der Waals surface area contributed by atoms with Gasteiger partial charge in [-0.2, -0.15) is 0 Å². The number of amides is 2. The molecule has 2 aromatic rings. The molecule has 7 heteroatoms. The second-order valence-corrected chi connectivity index (χ2v) is 6.25. The minimum atomic E-state index is -0.498. The van der Waals surface area contributed by atoms with E-state index < -0.39 is 5.82 Å². The van der Waals surface area contributed by atoms with Crippen molar-refractivity contribution in [3.05, 3.63) is 53.9 Å². The molecule has 0 atom stereocenters. The Hall–Kier alpha value is -3.35. The van der Waals surface area contributed by atoms with Crippen molar-refractivity contribution in [3.63, 3.8) is 0 Å². The third-order valence-electron chi connectivity index (χ3n) is 4.41. The molecule has 2 amide bonds. The molecule has 1 N–H and O–H groups in total. The van der Waals surface area contributed by atoms with Gasteiger partial charge in [0.1, 0.15) is 5.75 Å². The predicted octanol–water partition coefficient (Wildman–Crippen LogP) is 3.62. The second kappa shape index (κ2) is 8.56. The number of hydrogen-bond donors (Lipinski definition) is 1. The quantitative estimate of drug-likeness (QED) is 0.773. The minimum Gasteiger partial charge on any atom is -0.494 e. The Morgan fingerprint density at radius 2 is 1.93 bits per heavy atom. The average Bonchev–Trinajstić information content (AvgIpc) is 3.12. The molecule has 0 aliphatic carbocycles. The molecule has 28 heavy (non-hydrogen) atoms. The molecule has 1 aliphatic heterocycles. The first-order valence-corrected chi connectivity index (χ1v) is 8.83. The number of carbonyl (C=O) groups is 2. The van der Waals surface area contributed by atoms with Crippen LogP contribution in [0.2, 0.25) is 0 Å². The van der Waals surface area contributed by atoms with Gasteiger partial charge in [-0.3, -0.25) is 9.59 Å². The van der Waals surface area contributed by atoms with Crippen molar-refractivity contribution in [2.45, 2.75) is 12.8 Å².